The molecule has 1 aliphatic rings. The molecule has 2 heterocycles. The van der Waals surface area contributed by atoms with Gasteiger partial charge in [0.1, 0.15) is 57.9 Å². The predicted molar refractivity (Wildman–Crippen MR) is 109 cm³/mol. The van der Waals surface area contributed by atoms with Gasteiger partial charge in [0.15, 0.2) is 11.5 Å². The van der Waals surface area contributed by atoms with Crippen LogP contribution < -0.4 is 19.6 Å². The SMILES string of the molecule is COc1cc(O)c2c(=O)c3c(OC)c(OC4OC(CO)C(O)C(O)C4O)ccc3oc2c1. The highest BCUT2D eigenvalue weighted by Crippen LogP contribution is 2.39. The molecular formula is C21H22O11. The molecule has 4 rings (SSSR count). The van der Waals surface area contributed by atoms with Gasteiger partial charge in [0.2, 0.25) is 11.7 Å². The Hall–Kier alpha value is -3.09. The monoisotopic (exact) mass is 450 g/mol. The van der Waals surface area contributed by atoms with Gasteiger partial charge in [-0.25, -0.2) is 0 Å². The molecule has 0 spiro atoms. The summed E-state index contributed by atoms with van der Waals surface area (Å²) in [5, 5.41) is 49.7. The van der Waals surface area contributed by atoms with E-state index in [1.165, 1.54) is 38.5 Å². The molecular weight excluding hydrogens is 428 g/mol. The number of ether oxygens (including phenoxy) is 4. The van der Waals surface area contributed by atoms with E-state index in [-0.39, 0.29) is 39.2 Å². The molecule has 0 bridgehead atoms. The highest BCUT2D eigenvalue weighted by atomic mass is 16.7. The van der Waals surface area contributed by atoms with Crippen molar-refractivity contribution in [3.63, 3.8) is 0 Å². The van der Waals surface area contributed by atoms with Crippen LogP contribution in [-0.2, 0) is 4.74 Å². The van der Waals surface area contributed by atoms with E-state index in [0.717, 1.165) is 0 Å². The van der Waals surface area contributed by atoms with E-state index in [1.807, 2.05) is 0 Å². The quantitative estimate of drug-likeness (QED) is 0.328. The van der Waals surface area contributed by atoms with Crippen molar-refractivity contribution in [2.24, 2.45) is 0 Å². The highest BCUT2D eigenvalue weighted by Gasteiger charge is 2.45. The van der Waals surface area contributed by atoms with Gasteiger partial charge in [-0.15, -0.1) is 0 Å². The largest absolute Gasteiger partial charge is 0.507 e. The molecule has 1 fully saturated rings. The maximum Gasteiger partial charge on any atom is 0.229 e. The molecule has 0 amide bonds. The second kappa shape index (κ2) is 8.45. The van der Waals surface area contributed by atoms with E-state index >= 15 is 0 Å². The van der Waals surface area contributed by atoms with Gasteiger partial charge in [-0.3, -0.25) is 4.79 Å². The van der Waals surface area contributed by atoms with Crippen molar-refractivity contribution in [2.75, 3.05) is 20.8 Å². The lowest BCUT2D eigenvalue weighted by molar-refractivity contribution is -0.277. The van der Waals surface area contributed by atoms with E-state index < -0.39 is 42.7 Å². The van der Waals surface area contributed by atoms with Crippen LogP contribution in [0.5, 0.6) is 23.0 Å². The Balaban J connectivity index is 1.83. The molecule has 1 aromatic heterocycles. The average molecular weight is 450 g/mol. The van der Waals surface area contributed by atoms with Crippen molar-refractivity contribution in [3.8, 4) is 23.0 Å². The second-order valence-electron chi connectivity index (χ2n) is 7.24. The van der Waals surface area contributed by atoms with Crippen molar-refractivity contribution in [3.05, 3.63) is 34.5 Å². The van der Waals surface area contributed by atoms with Crippen LogP contribution >= 0.6 is 0 Å². The maximum absolute atomic E-state index is 13.2. The molecule has 0 saturated carbocycles. The number of benzene rings is 2. The van der Waals surface area contributed by atoms with E-state index in [9.17, 15) is 30.3 Å². The van der Waals surface area contributed by atoms with Crippen LogP contribution in [0.25, 0.3) is 21.9 Å². The van der Waals surface area contributed by atoms with Gasteiger partial charge in [0, 0.05) is 12.1 Å². The number of phenolic OH excluding ortho intramolecular Hbond substituents is 1. The minimum Gasteiger partial charge on any atom is -0.507 e. The van der Waals surface area contributed by atoms with Gasteiger partial charge in [-0.2, -0.15) is 0 Å². The predicted octanol–water partition coefficient (Wildman–Crippen LogP) is -0.152. The summed E-state index contributed by atoms with van der Waals surface area (Å²) in [5.74, 6) is -0.154. The number of phenols is 1. The maximum atomic E-state index is 13.2. The van der Waals surface area contributed by atoms with Crippen LogP contribution in [0.1, 0.15) is 0 Å². The fraction of sp³-hybridized carbons (Fsp3) is 0.381. The van der Waals surface area contributed by atoms with Crippen LogP contribution in [0.4, 0.5) is 0 Å². The molecule has 5 unspecified atom stereocenters. The molecule has 1 aliphatic heterocycles. The van der Waals surface area contributed by atoms with Crippen LogP contribution in [0.2, 0.25) is 0 Å². The summed E-state index contributed by atoms with van der Waals surface area (Å²) in [7, 11) is 2.69. The first-order chi connectivity index (χ1) is 15.3. The number of rotatable bonds is 5. The van der Waals surface area contributed by atoms with Gasteiger partial charge in [0.25, 0.3) is 0 Å². The number of hydrogen-bond acceptors (Lipinski definition) is 11. The summed E-state index contributed by atoms with van der Waals surface area (Å²) in [6.07, 6.45) is -7.50. The lowest BCUT2D eigenvalue weighted by atomic mass is 9.99. The van der Waals surface area contributed by atoms with E-state index in [1.54, 1.807) is 0 Å². The first-order valence-electron chi connectivity index (χ1n) is 9.62. The van der Waals surface area contributed by atoms with E-state index in [2.05, 4.69) is 0 Å². The average Bonchev–Trinajstić information content (AvgIpc) is 2.78. The second-order valence-corrected chi connectivity index (χ2v) is 7.24. The summed E-state index contributed by atoms with van der Waals surface area (Å²) in [6, 6.07) is 5.55. The first kappa shape index (κ1) is 22.1. The molecule has 3 aromatic rings. The van der Waals surface area contributed by atoms with Gasteiger partial charge in [0.05, 0.1) is 20.8 Å². The minimum atomic E-state index is -1.65. The number of aliphatic hydroxyl groups excluding tert-OH is 4. The fourth-order valence-corrected chi connectivity index (χ4v) is 3.68. The van der Waals surface area contributed by atoms with Crippen LogP contribution in [-0.4, -0.2) is 77.1 Å². The topological polar surface area (TPSA) is 168 Å². The van der Waals surface area contributed by atoms with E-state index in [0.29, 0.717) is 5.75 Å². The zero-order chi connectivity index (χ0) is 23.2. The third-order valence-electron chi connectivity index (χ3n) is 5.34. The summed E-state index contributed by atoms with van der Waals surface area (Å²) in [4.78, 5) is 13.2. The Kier molecular flexibility index (Phi) is 5.84. The zero-order valence-electron chi connectivity index (χ0n) is 17.1. The Labute approximate surface area is 180 Å². The summed E-state index contributed by atoms with van der Waals surface area (Å²) in [5.41, 5.74) is -0.366. The molecule has 11 nitrogen and oxygen atoms in total. The molecule has 1 saturated heterocycles. The third kappa shape index (κ3) is 3.49. The fourth-order valence-electron chi connectivity index (χ4n) is 3.68. The summed E-state index contributed by atoms with van der Waals surface area (Å²) in [6.45, 7) is -0.627. The molecule has 5 atom stereocenters. The number of aromatic hydroxyl groups is 1. The van der Waals surface area contributed by atoms with Crippen molar-refractivity contribution >= 4 is 21.9 Å². The Morgan fingerprint density at radius 3 is 2.38 bits per heavy atom. The van der Waals surface area contributed by atoms with Crippen molar-refractivity contribution < 1.29 is 48.9 Å². The van der Waals surface area contributed by atoms with Gasteiger partial charge in [-0.1, -0.05) is 0 Å². The van der Waals surface area contributed by atoms with Crippen LogP contribution in [0, 0.1) is 0 Å². The normalized spacial score (nSPS) is 25.8. The molecule has 0 aliphatic carbocycles. The lowest BCUT2D eigenvalue weighted by Gasteiger charge is -2.39. The van der Waals surface area contributed by atoms with Gasteiger partial charge >= 0.3 is 0 Å². The van der Waals surface area contributed by atoms with Gasteiger partial charge in [-0.05, 0) is 12.1 Å². The van der Waals surface area contributed by atoms with E-state index in [4.69, 9.17) is 23.4 Å². The molecule has 32 heavy (non-hydrogen) atoms. The number of aliphatic hydroxyl groups is 4. The standard InChI is InChI=1S/C21H22O11/c1-28-8-5-9(23)14-12(6-8)30-10-3-4-11(20(29-2)15(10)17(14)25)31-21-19(27)18(26)16(24)13(7-22)32-21/h3-6,13,16,18-19,21-24,26-27H,7H2,1-2H3. The summed E-state index contributed by atoms with van der Waals surface area (Å²) < 4.78 is 27.2. The van der Waals surface area contributed by atoms with Crippen molar-refractivity contribution in [1.29, 1.82) is 0 Å². The smallest absolute Gasteiger partial charge is 0.229 e. The zero-order valence-corrected chi connectivity index (χ0v) is 17.1. The molecule has 0 radical (unpaired) electrons. The lowest BCUT2D eigenvalue weighted by Crippen LogP contribution is -2.60. The molecule has 172 valence electrons. The Bertz CT molecular complexity index is 1200. The Morgan fingerprint density at radius 2 is 1.72 bits per heavy atom. The van der Waals surface area contributed by atoms with Crippen LogP contribution in [0.15, 0.2) is 33.5 Å². The molecule has 5 N–H and O–H groups in total. The van der Waals surface area contributed by atoms with Crippen molar-refractivity contribution in [2.45, 2.75) is 30.7 Å². The first-order valence-corrected chi connectivity index (χ1v) is 9.62. The minimum absolute atomic E-state index is 0.0380. The van der Waals surface area contributed by atoms with Crippen molar-refractivity contribution in [1.82, 2.24) is 0 Å². The van der Waals surface area contributed by atoms with Gasteiger partial charge < -0.3 is 48.9 Å². The number of hydrogen-bond donors (Lipinski definition) is 5. The number of fused-ring (bicyclic) bond motifs is 2. The molecule has 11 heteroatoms. The highest BCUT2D eigenvalue weighted by molar-refractivity contribution is 5.97. The summed E-state index contributed by atoms with van der Waals surface area (Å²) >= 11 is 0. The Morgan fingerprint density at radius 1 is 0.969 bits per heavy atom. The molecule has 2 aromatic carbocycles. The number of methoxy groups -OCH3 is 2. The van der Waals surface area contributed by atoms with Crippen LogP contribution in [0.3, 0.4) is 0 Å². The third-order valence-corrected chi connectivity index (χ3v) is 5.34.